The van der Waals surface area contributed by atoms with Crippen LogP contribution in [-0.4, -0.2) is 12.5 Å². The molecule has 2 rings (SSSR count). The van der Waals surface area contributed by atoms with Gasteiger partial charge in [0, 0.05) is 23.6 Å². The second kappa shape index (κ2) is 9.92. The molecule has 0 radical (unpaired) electrons. The Hall–Kier alpha value is -2.98. The molecule has 0 saturated carbocycles. The zero-order valence-electron chi connectivity index (χ0n) is 13.4. The normalized spacial score (nSPS) is 9.83. The van der Waals surface area contributed by atoms with Crippen LogP contribution in [0.25, 0.3) is 10.4 Å². The summed E-state index contributed by atoms with van der Waals surface area (Å²) in [7, 11) is 0. The van der Waals surface area contributed by atoms with Crippen molar-refractivity contribution in [3.8, 4) is 11.5 Å². The van der Waals surface area contributed by atoms with Crippen molar-refractivity contribution in [3.05, 3.63) is 65.0 Å². The first kappa shape index (κ1) is 17.4. The van der Waals surface area contributed by atoms with Crippen molar-refractivity contribution in [2.45, 2.75) is 25.7 Å². The first-order chi connectivity index (χ1) is 11.8. The van der Waals surface area contributed by atoms with Gasteiger partial charge >= 0.3 is 0 Å². The third-order valence-electron chi connectivity index (χ3n) is 3.34. The van der Waals surface area contributed by atoms with Crippen molar-refractivity contribution in [2.24, 2.45) is 5.11 Å². The summed E-state index contributed by atoms with van der Waals surface area (Å²) in [6.45, 7) is 0.487. The number of hydrogen-bond acceptors (Lipinski definition) is 3. The maximum absolute atomic E-state index is 11.9. The summed E-state index contributed by atoms with van der Waals surface area (Å²) in [6.07, 6.45) is 2.92. The molecule has 0 spiro atoms. The lowest BCUT2D eigenvalue weighted by molar-refractivity contribution is -0.116. The van der Waals surface area contributed by atoms with E-state index in [2.05, 4.69) is 15.3 Å². The highest BCUT2D eigenvalue weighted by Gasteiger charge is 2.03. The highest BCUT2D eigenvalue weighted by molar-refractivity contribution is 5.90. The number of hydrogen-bond donors (Lipinski definition) is 1. The van der Waals surface area contributed by atoms with Crippen LogP contribution in [-0.2, 0) is 4.79 Å². The molecule has 0 bridgehead atoms. The number of rotatable bonds is 9. The van der Waals surface area contributed by atoms with E-state index in [0.29, 0.717) is 13.0 Å². The molecule has 0 atom stereocenters. The molecule has 1 N–H and O–H groups in total. The molecule has 1 amide bonds. The highest BCUT2D eigenvalue weighted by Crippen LogP contribution is 2.22. The van der Waals surface area contributed by atoms with Gasteiger partial charge in [-0.2, -0.15) is 0 Å². The van der Waals surface area contributed by atoms with Crippen molar-refractivity contribution in [3.63, 3.8) is 0 Å². The summed E-state index contributed by atoms with van der Waals surface area (Å²) in [5, 5.41) is 6.32. The minimum Gasteiger partial charge on any atom is -0.457 e. The van der Waals surface area contributed by atoms with E-state index >= 15 is 0 Å². The minimum absolute atomic E-state index is 0.0180. The molecule has 0 fully saturated rings. The van der Waals surface area contributed by atoms with E-state index in [1.54, 1.807) is 0 Å². The van der Waals surface area contributed by atoms with Gasteiger partial charge in [0.15, 0.2) is 0 Å². The highest BCUT2D eigenvalue weighted by atomic mass is 16.5. The Kier molecular flexibility index (Phi) is 7.18. The largest absolute Gasteiger partial charge is 0.457 e. The third kappa shape index (κ3) is 6.42. The molecule has 0 aromatic heterocycles. The molecule has 2 aromatic carbocycles. The monoisotopic (exact) mass is 324 g/mol. The maximum atomic E-state index is 11.9. The molecule has 0 aliphatic rings. The van der Waals surface area contributed by atoms with E-state index in [1.165, 1.54) is 0 Å². The summed E-state index contributed by atoms with van der Waals surface area (Å²) in [5.74, 6) is 1.47. The summed E-state index contributed by atoms with van der Waals surface area (Å²) in [4.78, 5) is 14.5. The van der Waals surface area contributed by atoms with Crippen LogP contribution in [0.2, 0.25) is 0 Å². The lowest BCUT2D eigenvalue weighted by Crippen LogP contribution is -2.10. The number of carbonyl (C=O) groups excluding carboxylic acids is 1. The van der Waals surface area contributed by atoms with Gasteiger partial charge < -0.3 is 10.1 Å². The van der Waals surface area contributed by atoms with E-state index in [4.69, 9.17) is 10.3 Å². The van der Waals surface area contributed by atoms with E-state index in [0.717, 1.165) is 36.4 Å². The number of azide groups is 1. The van der Waals surface area contributed by atoms with Crippen LogP contribution in [0.3, 0.4) is 0 Å². The zero-order valence-corrected chi connectivity index (χ0v) is 13.4. The van der Waals surface area contributed by atoms with Gasteiger partial charge in [-0.15, -0.1) is 0 Å². The summed E-state index contributed by atoms with van der Waals surface area (Å²) >= 11 is 0. The average Bonchev–Trinajstić information content (AvgIpc) is 2.61. The first-order valence-corrected chi connectivity index (χ1v) is 7.91. The predicted molar refractivity (Wildman–Crippen MR) is 94.1 cm³/mol. The second-order valence-electron chi connectivity index (χ2n) is 5.25. The standard InChI is InChI=1S/C18H20N4O2/c19-22-20-14-6-2-5-9-18(23)21-15-10-12-17(13-11-15)24-16-7-3-1-4-8-16/h1,3-4,7-8,10-13H,2,5-6,9,14H2,(H,21,23). The lowest BCUT2D eigenvalue weighted by Gasteiger charge is -2.08. The second-order valence-corrected chi connectivity index (χ2v) is 5.25. The van der Waals surface area contributed by atoms with Crippen LogP contribution in [0.15, 0.2) is 59.7 Å². The Labute approximate surface area is 141 Å². The van der Waals surface area contributed by atoms with Gasteiger partial charge in [-0.05, 0) is 54.8 Å². The van der Waals surface area contributed by atoms with Gasteiger partial charge in [0.2, 0.25) is 5.91 Å². The maximum Gasteiger partial charge on any atom is 0.224 e. The van der Waals surface area contributed by atoms with E-state index in [-0.39, 0.29) is 5.91 Å². The average molecular weight is 324 g/mol. The Morgan fingerprint density at radius 2 is 1.71 bits per heavy atom. The van der Waals surface area contributed by atoms with Gasteiger partial charge in [-0.1, -0.05) is 29.7 Å². The van der Waals surface area contributed by atoms with Crippen molar-refractivity contribution in [2.75, 3.05) is 11.9 Å². The van der Waals surface area contributed by atoms with Crippen molar-refractivity contribution < 1.29 is 9.53 Å². The molecule has 0 aliphatic carbocycles. The minimum atomic E-state index is -0.0180. The molecule has 2 aromatic rings. The predicted octanol–water partition coefficient (Wildman–Crippen LogP) is 5.29. The summed E-state index contributed by atoms with van der Waals surface area (Å²) in [5.41, 5.74) is 8.91. The van der Waals surface area contributed by atoms with E-state index in [1.807, 2.05) is 54.6 Å². The number of unbranched alkanes of at least 4 members (excludes halogenated alkanes) is 2. The first-order valence-electron chi connectivity index (χ1n) is 7.91. The van der Waals surface area contributed by atoms with Crippen molar-refractivity contribution in [1.29, 1.82) is 0 Å². The molecule has 0 aliphatic heterocycles. The van der Waals surface area contributed by atoms with Gasteiger partial charge in [0.25, 0.3) is 0 Å². The smallest absolute Gasteiger partial charge is 0.224 e. The zero-order chi connectivity index (χ0) is 17.0. The van der Waals surface area contributed by atoms with Crippen LogP contribution in [0.5, 0.6) is 11.5 Å². The number of anilines is 1. The van der Waals surface area contributed by atoms with E-state index < -0.39 is 0 Å². The molecule has 0 unspecified atom stereocenters. The van der Waals surface area contributed by atoms with Crippen molar-refractivity contribution in [1.82, 2.24) is 0 Å². The molecule has 124 valence electrons. The number of nitrogens with zero attached hydrogens (tertiary/aromatic N) is 3. The molecule has 6 heteroatoms. The van der Waals surface area contributed by atoms with Crippen LogP contribution >= 0.6 is 0 Å². The molecular weight excluding hydrogens is 304 g/mol. The Morgan fingerprint density at radius 3 is 2.42 bits per heavy atom. The fourth-order valence-corrected chi connectivity index (χ4v) is 2.14. The number of benzene rings is 2. The summed E-state index contributed by atoms with van der Waals surface area (Å²) < 4.78 is 5.70. The summed E-state index contributed by atoms with van der Waals surface area (Å²) in [6, 6.07) is 16.8. The Morgan fingerprint density at radius 1 is 1.00 bits per heavy atom. The van der Waals surface area contributed by atoms with Gasteiger partial charge in [-0.25, -0.2) is 0 Å². The number of amides is 1. The van der Waals surface area contributed by atoms with Crippen molar-refractivity contribution >= 4 is 11.6 Å². The lowest BCUT2D eigenvalue weighted by atomic mass is 10.2. The Balaban J connectivity index is 1.73. The fourth-order valence-electron chi connectivity index (χ4n) is 2.14. The topological polar surface area (TPSA) is 87.1 Å². The molecule has 6 nitrogen and oxygen atoms in total. The van der Waals surface area contributed by atoms with Crippen LogP contribution in [0, 0.1) is 0 Å². The van der Waals surface area contributed by atoms with Gasteiger partial charge in [-0.3, -0.25) is 4.79 Å². The van der Waals surface area contributed by atoms with E-state index in [9.17, 15) is 4.79 Å². The SMILES string of the molecule is [N-]=[N+]=NCCCCCC(=O)Nc1ccc(Oc2ccccc2)cc1. The third-order valence-corrected chi connectivity index (χ3v) is 3.34. The van der Waals surface area contributed by atoms with Gasteiger partial charge in [0.05, 0.1) is 0 Å². The van der Waals surface area contributed by atoms with Crippen LogP contribution < -0.4 is 10.1 Å². The molecule has 0 saturated heterocycles. The molecular formula is C18H20N4O2. The number of ether oxygens (including phenoxy) is 1. The fraction of sp³-hybridized carbons (Fsp3) is 0.278. The quantitative estimate of drug-likeness (QED) is 0.294. The number of nitrogens with one attached hydrogen (secondary N) is 1. The molecule has 24 heavy (non-hydrogen) atoms. The Bertz CT molecular complexity index is 680. The molecule has 0 heterocycles. The number of para-hydroxylation sites is 1. The number of carbonyl (C=O) groups is 1. The van der Waals surface area contributed by atoms with Crippen LogP contribution in [0.4, 0.5) is 5.69 Å². The van der Waals surface area contributed by atoms with Gasteiger partial charge in [0.1, 0.15) is 11.5 Å². The van der Waals surface area contributed by atoms with Crippen LogP contribution in [0.1, 0.15) is 25.7 Å².